The summed E-state index contributed by atoms with van der Waals surface area (Å²) in [5.74, 6) is 0.440. The van der Waals surface area contributed by atoms with Gasteiger partial charge in [-0.2, -0.15) is 0 Å². The topological polar surface area (TPSA) is 66.5 Å². The molecule has 1 amide bonds. The lowest BCUT2D eigenvalue weighted by Crippen LogP contribution is -2.52. The molecule has 5 atom stereocenters. The second-order valence-electron chi connectivity index (χ2n) is 12.9. The van der Waals surface area contributed by atoms with Crippen molar-refractivity contribution in [3.05, 3.63) is 144 Å². The highest BCUT2D eigenvalue weighted by molar-refractivity contribution is 5.67. The van der Waals surface area contributed by atoms with Crippen LogP contribution in [0.1, 0.15) is 55.4 Å². The molecule has 7 heteroatoms. The first-order valence-electron chi connectivity index (χ1n) is 17.6. The molecule has 4 aromatic carbocycles. The van der Waals surface area contributed by atoms with Crippen molar-refractivity contribution in [2.24, 2.45) is 11.8 Å². The lowest BCUT2D eigenvalue weighted by molar-refractivity contribution is -0.289. The van der Waals surface area contributed by atoms with Crippen molar-refractivity contribution in [1.29, 1.82) is 0 Å². The molecule has 7 nitrogen and oxygen atoms in total. The van der Waals surface area contributed by atoms with Gasteiger partial charge in [-0.15, -0.1) is 0 Å². The van der Waals surface area contributed by atoms with Crippen LogP contribution in [0.25, 0.3) is 0 Å². The van der Waals surface area contributed by atoms with Crippen LogP contribution in [0.2, 0.25) is 0 Å². The number of ether oxygens (including phenoxy) is 5. The first kappa shape index (κ1) is 36.3. The van der Waals surface area contributed by atoms with E-state index in [1.807, 2.05) is 97.1 Å². The number of hydrogen-bond acceptors (Lipinski definition) is 6. The minimum Gasteiger partial charge on any atom is -0.445 e. The SMILES string of the molecule is C[C@@H]1[C@H](OCc2ccccc2)C(OCCCCCN(Cc2ccccc2)C(=O)OCc2ccccc2)OC(COCc2ccccc2)[C@@H]1C. The number of nitrogens with zero attached hydrogens (tertiary/aromatic N) is 1. The molecule has 1 aliphatic rings. The van der Waals surface area contributed by atoms with Crippen LogP contribution in [-0.4, -0.2) is 49.2 Å². The first-order valence-corrected chi connectivity index (χ1v) is 17.6. The van der Waals surface area contributed by atoms with Crippen LogP contribution in [-0.2, 0) is 50.0 Å². The molecule has 0 bridgehead atoms. The van der Waals surface area contributed by atoms with Gasteiger partial charge in [0.2, 0.25) is 0 Å². The zero-order chi connectivity index (χ0) is 34.1. The maximum atomic E-state index is 13.1. The van der Waals surface area contributed by atoms with E-state index >= 15 is 0 Å². The summed E-state index contributed by atoms with van der Waals surface area (Å²) in [4.78, 5) is 14.9. The monoisotopic (exact) mass is 665 g/mol. The molecule has 0 aromatic heterocycles. The van der Waals surface area contributed by atoms with E-state index in [-0.39, 0.29) is 36.7 Å². The Morgan fingerprint density at radius 2 is 1.18 bits per heavy atom. The Labute approximate surface area is 292 Å². The largest absolute Gasteiger partial charge is 0.445 e. The molecule has 1 heterocycles. The summed E-state index contributed by atoms with van der Waals surface area (Å²) in [5, 5.41) is 0. The Bertz CT molecular complexity index is 1470. The molecule has 5 rings (SSSR count). The number of carbonyl (C=O) groups is 1. The van der Waals surface area contributed by atoms with Crippen LogP contribution in [0.3, 0.4) is 0 Å². The molecule has 4 aromatic rings. The highest BCUT2D eigenvalue weighted by Crippen LogP contribution is 2.34. The van der Waals surface area contributed by atoms with Crippen molar-refractivity contribution in [2.45, 2.75) is 78.0 Å². The minimum atomic E-state index is -0.497. The van der Waals surface area contributed by atoms with Gasteiger partial charge in [0.1, 0.15) is 12.7 Å². The quantitative estimate of drug-likeness (QED) is 0.0990. The van der Waals surface area contributed by atoms with E-state index < -0.39 is 6.29 Å². The number of hydrogen-bond donors (Lipinski definition) is 0. The van der Waals surface area contributed by atoms with Crippen LogP contribution in [0.5, 0.6) is 0 Å². The lowest BCUT2D eigenvalue weighted by Gasteiger charge is -2.44. The molecule has 1 fully saturated rings. The van der Waals surface area contributed by atoms with Gasteiger partial charge in [0.25, 0.3) is 0 Å². The summed E-state index contributed by atoms with van der Waals surface area (Å²) < 4.78 is 31.3. The number of carbonyl (C=O) groups excluding carboxylic acids is 1. The van der Waals surface area contributed by atoms with Crippen LogP contribution in [0.4, 0.5) is 4.79 Å². The van der Waals surface area contributed by atoms with Crippen LogP contribution >= 0.6 is 0 Å². The maximum Gasteiger partial charge on any atom is 0.410 e. The molecule has 260 valence electrons. The Morgan fingerprint density at radius 3 is 1.80 bits per heavy atom. The van der Waals surface area contributed by atoms with Gasteiger partial charge in [-0.25, -0.2) is 4.79 Å². The summed E-state index contributed by atoms with van der Waals surface area (Å²) >= 11 is 0. The Balaban J connectivity index is 1.12. The molecule has 1 saturated heterocycles. The second kappa shape index (κ2) is 19.9. The standard InChI is InChI=1S/C42H51NO6/c1-33-34(2)40(47-30-37-22-12-5-13-23-37)41(49-39(33)32-45-29-36-20-10-4-11-21-36)46-27-17-7-16-26-43(28-35-18-8-3-9-19-35)42(44)48-31-38-24-14-6-15-25-38/h3-6,8-15,18-25,33-34,39-41H,7,16-17,26-32H2,1-2H3/t33-,34+,39?,40+,41?/m1/s1. The zero-order valence-electron chi connectivity index (χ0n) is 28.9. The highest BCUT2D eigenvalue weighted by Gasteiger charge is 2.43. The van der Waals surface area contributed by atoms with E-state index in [9.17, 15) is 4.79 Å². The molecule has 49 heavy (non-hydrogen) atoms. The van der Waals surface area contributed by atoms with E-state index in [4.69, 9.17) is 23.7 Å². The van der Waals surface area contributed by atoms with Gasteiger partial charge in [-0.05, 0) is 53.4 Å². The summed E-state index contributed by atoms with van der Waals surface area (Å²) in [6.07, 6.45) is 1.46. The average Bonchev–Trinajstić information content (AvgIpc) is 3.15. The predicted molar refractivity (Wildman–Crippen MR) is 191 cm³/mol. The minimum absolute atomic E-state index is 0.103. The third-order valence-electron chi connectivity index (χ3n) is 9.22. The van der Waals surface area contributed by atoms with Crippen LogP contribution in [0, 0.1) is 11.8 Å². The van der Waals surface area contributed by atoms with Crippen molar-refractivity contribution in [1.82, 2.24) is 4.90 Å². The van der Waals surface area contributed by atoms with Gasteiger partial charge in [0, 0.05) is 19.7 Å². The molecular formula is C42H51NO6. The summed E-state index contributed by atoms with van der Waals surface area (Å²) in [7, 11) is 0. The lowest BCUT2D eigenvalue weighted by atomic mass is 9.83. The number of rotatable bonds is 18. The number of amides is 1. The maximum absolute atomic E-state index is 13.1. The first-order chi connectivity index (χ1) is 24.1. The van der Waals surface area contributed by atoms with E-state index in [0.717, 1.165) is 41.5 Å². The van der Waals surface area contributed by atoms with Crippen molar-refractivity contribution in [3.8, 4) is 0 Å². The van der Waals surface area contributed by atoms with E-state index in [1.165, 1.54) is 0 Å². The van der Waals surface area contributed by atoms with Crippen molar-refractivity contribution in [3.63, 3.8) is 0 Å². The summed E-state index contributed by atoms with van der Waals surface area (Å²) in [6.45, 7) is 7.86. The number of benzene rings is 4. The van der Waals surface area contributed by atoms with Crippen molar-refractivity contribution in [2.75, 3.05) is 19.8 Å². The third-order valence-corrected chi connectivity index (χ3v) is 9.22. The van der Waals surface area contributed by atoms with Crippen LogP contribution < -0.4 is 0 Å². The summed E-state index contributed by atoms with van der Waals surface area (Å²) in [5.41, 5.74) is 4.31. The molecule has 0 saturated carbocycles. The fourth-order valence-corrected chi connectivity index (χ4v) is 6.08. The molecule has 1 aliphatic heterocycles. The third kappa shape index (κ3) is 11.8. The second-order valence-corrected chi connectivity index (χ2v) is 12.9. The normalized spacial score (nSPS) is 20.5. The highest BCUT2D eigenvalue weighted by atomic mass is 16.7. The van der Waals surface area contributed by atoms with Gasteiger partial charge in [0.05, 0.1) is 25.9 Å². The molecule has 0 radical (unpaired) electrons. The van der Waals surface area contributed by atoms with E-state index in [0.29, 0.717) is 39.5 Å². The van der Waals surface area contributed by atoms with Crippen LogP contribution in [0.15, 0.2) is 121 Å². The molecule has 0 spiro atoms. The van der Waals surface area contributed by atoms with Crippen molar-refractivity contribution < 1.29 is 28.5 Å². The average molecular weight is 666 g/mol. The molecule has 2 unspecified atom stereocenters. The summed E-state index contributed by atoms with van der Waals surface area (Å²) in [6, 6.07) is 40.2. The predicted octanol–water partition coefficient (Wildman–Crippen LogP) is 8.81. The van der Waals surface area contributed by atoms with Gasteiger partial charge in [-0.3, -0.25) is 0 Å². The molecule has 0 aliphatic carbocycles. The van der Waals surface area contributed by atoms with Gasteiger partial charge in [-0.1, -0.05) is 135 Å². The van der Waals surface area contributed by atoms with Gasteiger partial charge >= 0.3 is 6.09 Å². The van der Waals surface area contributed by atoms with E-state index in [2.05, 4.69) is 38.1 Å². The van der Waals surface area contributed by atoms with Gasteiger partial charge in [0.15, 0.2) is 6.29 Å². The van der Waals surface area contributed by atoms with Gasteiger partial charge < -0.3 is 28.6 Å². The molecule has 0 N–H and O–H groups in total. The fraction of sp³-hybridized carbons (Fsp3) is 0.405. The Morgan fingerprint density at radius 1 is 0.633 bits per heavy atom. The van der Waals surface area contributed by atoms with Crippen molar-refractivity contribution >= 4 is 6.09 Å². The smallest absolute Gasteiger partial charge is 0.410 e. The number of unbranched alkanes of at least 4 members (excludes halogenated alkanes) is 2. The fourth-order valence-electron chi connectivity index (χ4n) is 6.08. The Hall–Kier alpha value is -4.01. The zero-order valence-corrected chi connectivity index (χ0v) is 28.9. The van der Waals surface area contributed by atoms with E-state index in [1.54, 1.807) is 4.90 Å². The Kier molecular flexibility index (Phi) is 14.7. The molecular weight excluding hydrogens is 614 g/mol.